The molecule has 0 fully saturated rings. The summed E-state index contributed by atoms with van der Waals surface area (Å²) in [6, 6.07) is 22.1. The van der Waals surface area contributed by atoms with Crippen LogP contribution >= 0.6 is 11.3 Å². The maximum Gasteiger partial charge on any atom is 0.195 e. The van der Waals surface area contributed by atoms with Crippen molar-refractivity contribution in [2.24, 2.45) is 16.5 Å². The van der Waals surface area contributed by atoms with E-state index in [4.69, 9.17) is 15.9 Å². The first-order valence-corrected chi connectivity index (χ1v) is 10.1. The SMILES string of the molecule is NCc1ccc(-c2csc(NC(N)=NCc3ccccc3-c3ccccc3)n2)o1. The Kier molecular flexibility index (Phi) is 5.69. The fraction of sp³-hybridized carbons (Fsp3) is 0.0909. The van der Waals surface area contributed by atoms with Crippen molar-refractivity contribution in [2.75, 3.05) is 5.32 Å². The van der Waals surface area contributed by atoms with Crippen LogP contribution < -0.4 is 16.8 Å². The molecule has 0 spiro atoms. The topological polar surface area (TPSA) is 102 Å². The number of anilines is 1. The van der Waals surface area contributed by atoms with Crippen molar-refractivity contribution in [3.63, 3.8) is 0 Å². The summed E-state index contributed by atoms with van der Waals surface area (Å²) in [7, 11) is 0. The Hall–Kier alpha value is -3.42. The molecule has 2 aromatic heterocycles. The van der Waals surface area contributed by atoms with Crippen LogP contribution in [0.4, 0.5) is 5.13 Å². The van der Waals surface area contributed by atoms with Gasteiger partial charge in [-0.2, -0.15) is 0 Å². The van der Waals surface area contributed by atoms with E-state index >= 15 is 0 Å². The highest BCUT2D eigenvalue weighted by Gasteiger charge is 2.10. The minimum absolute atomic E-state index is 0.316. The van der Waals surface area contributed by atoms with E-state index in [2.05, 4.69) is 39.6 Å². The molecule has 0 aliphatic carbocycles. The number of thiazole rings is 1. The third kappa shape index (κ3) is 4.53. The van der Waals surface area contributed by atoms with Crippen LogP contribution in [0.15, 0.2) is 81.5 Å². The molecule has 0 saturated carbocycles. The van der Waals surface area contributed by atoms with Crippen LogP contribution in [0.3, 0.4) is 0 Å². The zero-order chi connectivity index (χ0) is 20.1. The van der Waals surface area contributed by atoms with E-state index in [9.17, 15) is 0 Å². The maximum absolute atomic E-state index is 6.08. The average Bonchev–Trinajstić information content (AvgIpc) is 3.42. The van der Waals surface area contributed by atoms with Gasteiger partial charge in [0.05, 0.1) is 13.1 Å². The third-order valence-corrected chi connectivity index (χ3v) is 5.13. The molecular formula is C22H21N5OS. The number of furan rings is 1. The van der Waals surface area contributed by atoms with Crippen molar-refractivity contribution >= 4 is 22.4 Å². The highest BCUT2D eigenvalue weighted by Crippen LogP contribution is 2.27. The zero-order valence-electron chi connectivity index (χ0n) is 15.7. The predicted molar refractivity (Wildman–Crippen MR) is 119 cm³/mol. The van der Waals surface area contributed by atoms with Gasteiger partial charge < -0.3 is 21.2 Å². The molecule has 4 aromatic rings. The number of aromatic nitrogens is 1. The van der Waals surface area contributed by atoms with Gasteiger partial charge in [0.1, 0.15) is 11.5 Å². The van der Waals surface area contributed by atoms with Crippen molar-refractivity contribution in [1.82, 2.24) is 4.98 Å². The predicted octanol–water partition coefficient (Wildman–Crippen LogP) is 4.46. The highest BCUT2D eigenvalue weighted by molar-refractivity contribution is 7.14. The molecule has 6 nitrogen and oxygen atoms in total. The lowest BCUT2D eigenvalue weighted by atomic mass is 10.00. The average molecular weight is 404 g/mol. The lowest BCUT2D eigenvalue weighted by Crippen LogP contribution is -2.22. The Labute approximate surface area is 172 Å². The van der Waals surface area contributed by atoms with E-state index in [-0.39, 0.29) is 0 Å². The zero-order valence-corrected chi connectivity index (χ0v) is 16.5. The van der Waals surface area contributed by atoms with Crippen LogP contribution in [-0.4, -0.2) is 10.9 Å². The van der Waals surface area contributed by atoms with Crippen LogP contribution in [0.25, 0.3) is 22.6 Å². The molecule has 0 amide bonds. The number of aliphatic imine (C=N–C) groups is 1. The Bertz CT molecular complexity index is 1120. The van der Waals surface area contributed by atoms with Crippen LogP contribution in [-0.2, 0) is 13.1 Å². The Balaban J connectivity index is 1.46. The molecule has 0 aliphatic rings. The molecular weight excluding hydrogens is 382 g/mol. The van der Waals surface area contributed by atoms with Gasteiger partial charge in [-0.05, 0) is 28.8 Å². The molecule has 0 saturated heterocycles. The fourth-order valence-electron chi connectivity index (χ4n) is 2.95. The van der Waals surface area contributed by atoms with Crippen molar-refractivity contribution in [3.8, 4) is 22.6 Å². The molecule has 146 valence electrons. The summed E-state index contributed by atoms with van der Waals surface area (Å²) in [6.07, 6.45) is 0. The van der Waals surface area contributed by atoms with Gasteiger partial charge in [-0.3, -0.25) is 0 Å². The molecule has 4 rings (SSSR count). The van der Waals surface area contributed by atoms with E-state index in [0.717, 1.165) is 28.1 Å². The highest BCUT2D eigenvalue weighted by atomic mass is 32.1. The van der Waals surface area contributed by atoms with Gasteiger partial charge >= 0.3 is 0 Å². The minimum Gasteiger partial charge on any atom is -0.458 e. The molecule has 2 aromatic carbocycles. The lowest BCUT2D eigenvalue weighted by molar-refractivity contribution is 0.524. The molecule has 2 heterocycles. The van der Waals surface area contributed by atoms with E-state index in [1.54, 1.807) is 0 Å². The number of nitrogens with zero attached hydrogens (tertiary/aromatic N) is 2. The number of rotatable bonds is 6. The number of hydrogen-bond donors (Lipinski definition) is 3. The summed E-state index contributed by atoms with van der Waals surface area (Å²) < 4.78 is 5.63. The molecule has 5 N–H and O–H groups in total. The number of benzene rings is 2. The first-order valence-electron chi connectivity index (χ1n) is 9.18. The van der Waals surface area contributed by atoms with Gasteiger partial charge in [0.2, 0.25) is 0 Å². The van der Waals surface area contributed by atoms with Crippen molar-refractivity contribution in [3.05, 3.63) is 83.4 Å². The van der Waals surface area contributed by atoms with Gasteiger partial charge in [-0.15, -0.1) is 11.3 Å². The van der Waals surface area contributed by atoms with Crippen molar-refractivity contribution < 1.29 is 4.42 Å². The summed E-state index contributed by atoms with van der Waals surface area (Å²) in [5.74, 6) is 1.72. The number of nitrogens with one attached hydrogen (secondary N) is 1. The van der Waals surface area contributed by atoms with Gasteiger partial charge in [-0.1, -0.05) is 54.6 Å². The van der Waals surface area contributed by atoms with Gasteiger partial charge in [-0.25, -0.2) is 9.98 Å². The Morgan fingerprint density at radius 3 is 2.62 bits per heavy atom. The van der Waals surface area contributed by atoms with Gasteiger partial charge in [0.15, 0.2) is 16.9 Å². The standard InChI is InChI=1S/C22H21N5OS/c23-12-17-10-11-20(28-17)19-14-29-22(26-19)27-21(24)25-13-16-8-4-5-9-18(16)15-6-2-1-3-7-15/h1-11,14H,12-13,23H2,(H3,24,25,26,27). The summed E-state index contributed by atoms with van der Waals surface area (Å²) >= 11 is 1.44. The summed E-state index contributed by atoms with van der Waals surface area (Å²) in [5.41, 5.74) is 15.8. The molecule has 0 radical (unpaired) electrons. The normalized spacial score (nSPS) is 11.6. The molecule has 0 bridgehead atoms. The lowest BCUT2D eigenvalue weighted by Gasteiger charge is -2.08. The second-order valence-corrected chi connectivity index (χ2v) is 7.22. The number of hydrogen-bond acceptors (Lipinski definition) is 5. The molecule has 29 heavy (non-hydrogen) atoms. The third-order valence-electron chi connectivity index (χ3n) is 4.38. The maximum atomic E-state index is 6.08. The van der Waals surface area contributed by atoms with Crippen LogP contribution in [0.2, 0.25) is 0 Å². The van der Waals surface area contributed by atoms with E-state index in [1.165, 1.54) is 11.3 Å². The van der Waals surface area contributed by atoms with E-state index < -0.39 is 0 Å². The summed E-state index contributed by atoms with van der Waals surface area (Å²) in [6.45, 7) is 0.833. The first-order chi connectivity index (χ1) is 14.2. The second kappa shape index (κ2) is 8.72. The molecule has 7 heteroatoms. The smallest absolute Gasteiger partial charge is 0.195 e. The number of guanidine groups is 1. The molecule has 0 aliphatic heterocycles. The number of nitrogens with two attached hydrogens (primary N) is 2. The van der Waals surface area contributed by atoms with Crippen LogP contribution in [0.5, 0.6) is 0 Å². The quantitative estimate of drug-likeness (QED) is 0.326. The molecule has 0 atom stereocenters. The van der Waals surface area contributed by atoms with Crippen molar-refractivity contribution in [1.29, 1.82) is 0 Å². The van der Waals surface area contributed by atoms with Gasteiger partial charge in [0, 0.05) is 5.38 Å². The fourth-order valence-corrected chi connectivity index (χ4v) is 3.65. The monoisotopic (exact) mass is 403 g/mol. The summed E-state index contributed by atoms with van der Waals surface area (Å²) in [5, 5.41) is 5.61. The first kappa shape index (κ1) is 18.9. The van der Waals surface area contributed by atoms with E-state index in [0.29, 0.717) is 29.9 Å². The Morgan fingerprint density at radius 1 is 1.03 bits per heavy atom. The van der Waals surface area contributed by atoms with Crippen LogP contribution in [0, 0.1) is 0 Å². The van der Waals surface area contributed by atoms with Crippen molar-refractivity contribution in [2.45, 2.75) is 13.1 Å². The second-order valence-electron chi connectivity index (χ2n) is 6.36. The van der Waals surface area contributed by atoms with E-state index in [1.807, 2.05) is 47.8 Å². The minimum atomic E-state index is 0.316. The largest absolute Gasteiger partial charge is 0.458 e. The van der Waals surface area contributed by atoms with Gasteiger partial charge in [0.25, 0.3) is 0 Å². The van der Waals surface area contributed by atoms with Crippen LogP contribution in [0.1, 0.15) is 11.3 Å². The molecule has 0 unspecified atom stereocenters. The summed E-state index contributed by atoms with van der Waals surface area (Å²) in [4.78, 5) is 8.99. The Morgan fingerprint density at radius 2 is 1.83 bits per heavy atom.